The Bertz CT molecular complexity index is 1900. The van der Waals surface area contributed by atoms with Crippen LogP contribution in [0.4, 0.5) is 5.69 Å². The van der Waals surface area contributed by atoms with Crippen LogP contribution in [-0.4, -0.2) is 16.3 Å². The first-order chi connectivity index (χ1) is 21.4. The lowest BCUT2D eigenvalue weighted by Gasteiger charge is -2.27. The van der Waals surface area contributed by atoms with E-state index in [1.807, 2.05) is 30.3 Å². The molecule has 0 aliphatic carbocycles. The van der Waals surface area contributed by atoms with Crippen molar-refractivity contribution in [2.24, 2.45) is 10.9 Å². The van der Waals surface area contributed by atoms with E-state index in [-0.39, 0.29) is 22.0 Å². The molecule has 4 nitrogen and oxygen atoms in total. The van der Waals surface area contributed by atoms with Crippen molar-refractivity contribution in [3.63, 3.8) is 0 Å². The predicted octanol–water partition coefficient (Wildman–Crippen LogP) is 11.7. The van der Waals surface area contributed by atoms with Gasteiger partial charge in [0.15, 0.2) is 5.58 Å². The van der Waals surface area contributed by atoms with E-state index in [2.05, 4.69) is 119 Å². The summed E-state index contributed by atoms with van der Waals surface area (Å²) in [7, 11) is 0. The highest BCUT2D eigenvalue weighted by Gasteiger charge is 2.25. The minimum absolute atomic E-state index is 0.0663. The molecule has 1 heterocycles. The molecule has 0 atom stereocenters. The van der Waals surface area contributed by atoms with E-state index in [1.165, 1.54) is 11.1 Å². The molecule has 4 aromatic carbocycles. The molecule has 1 N–H and O–H groups in total. The lowest BCUT2D eigenvalue weighted by atomic mass is 9.79. The Hall–Kier alpha value is -4.18. The Morgan fingerprint density at radius 1 is 0.761 bits per heavy atom. The molecule has 46 heavy (non-hydrogen) atoms. The van der Waals surface area contributed by atoms with Crippen molar-refractivity contribution in [2.75, 3.05) is 0 Å². The lowest BCUT2D eigenvalue weighted by Crippen LogP contribution is -2.17. The van der Waals surface area contributed by atoms with Gasteiger partial charge in [0, 0.05) is 22.9 Å². The van der Waals surface area contributed by atoms with Crippen LogP contribution in [0.5, 0.6) is 5.75 Å². The highest BCUT2D eigenvalue weighted by molar-refractivity contribution is 5.94. The highest BCUT2D eigenvalue weighted by Crippen LogP contribution is 2.40. The fourth-order valence-electron chi connectivity index (χ4n) is 5.80. The largest absolute Gasteiger partial charge is 0.507 e. The number of oxazole rings is 1. The molecular weight excluding hydrogens is 564 g/mol. The lowest BCUT2D eigenvalue weighted by molar-refractivity contribution is 0.444. The zero-order valence-electron chi connectivity index (χ0n) is 29.5. The van der Waals surface area contributed by atoms with E-state index >= 15 is 0 Å². The maximum Gasteiger partial charge on any atom is 0.229 e. The summed E-state index contributed by atoms with van der Waals surface area (Å²) >= 11 is 0. The molecule has 0 fully saturated rings. The third-order valence-electron chi connectivity index (χ3n) is 8.53. The van der Waals surface area contributed by atoms with Crippen LogP contribution >= 0.6 is 0 Å². The first kappa shape index (κ1) is 33.2. The standard InChI is InChI=1S/C42H50N2O2/c1-26(2)19-27-15-14-16-28(20-27)33-22-31(41(6,7)8)24-36-37(33)44-39(46-36)32-17-12-13-18-35(32)43-25-29-21-30(40(3,4)5)23-34(38(29)45)42(9,10)11/h12-18,20-26,45H,19H2,1-11H3. The fourth-order valence-corrected chi connectivity index (χ4v) is 5.80. The molecule has 0 saturated carbocycles. The number of aromatic nitrogens is 1. The van der Waals surface area contributed by atoms with Gasteiger partial charge in [0.05, 0.1) is 11.3 Å². The topological polar surface area (TPSA) is 58.6 Å². The number of hydrogen-bond donors (Lipinski definition) is 1. The van der Waals surface area contributed by atoms with Crippen LogP contribution < -0.4 is 0 Å². The van der Waals surface area contributed by atoms with Crippen molar-refractivity contribution in [3.05, 3.63) is 101 Å². The second-order valence-electron chi connectivity index (χ2n) is 16.2. The number of aromatic hydroxyl groups is 1. The van der Waals surface area contributed by atoms with Gasteiger partial charge in [0.2, 0.25) is 5.89 Å². The molecule has 5 aromatic rings. The van der Waals surface area contributed by atoms with Crippen molar-refractivity contribution in [3.8, 4) is 28.3 Å². The molecule has 4 heteroatoms. The summed E-state index contributed by atoms with van der Waals surface area (Å²) in [5.41, 5.74) is 10.3. The first-order valence-corrected chi connectivity index (χ1v) is 16.5. The van der Waals surface area contributed by atoms with Crippen LogP contribution in [0.1, 0.15) is 104 Å². The molecule has 0 unspecified atom stereocenters. The SMILES string of the molecule is CC(C)Cc1cccc(-c2cc(C(C)(C)C)cc3oc(-c4ccccc4N=Cc4cc(C(C)(C)C)cc(C(C)(C)C)c4O)nc23)c1. The number of para-hydroxylation sites is 1. The van der Waals surface area contributed by atoms with Gasteiger partial charge in [0.25, 0.3) is 0 Å². The quantitative estimate of drug-likeness (QED) is 0.194. The van der Waals surface area contributed by atoms with Crippen LogP contribution in [0.2, 0.25) is 0 Å². The minimum atomic E-state index is -0.220. The van der Waals surface area contributed by atoms with E-state index in [0.29, 0.717) is 17.4 Å². The fraction of sp³-hybridized carbons (Fsp3) is 0.381. The Morgan fingerprint density at radius 3 is 2.09 bits per heavy atom. The zero-order valence-corrected chi connectivity index (χ0v) is 29.5. The second-order valence-corrected chi connectivity index (χ2v) is 16.2. The van der Waals surface area contributed by atoms with Crippen molar-refractivity contribution < 1.29 is 9.52 Å². The highest BCUT2D eigenvalue weighted by atomic mass is 16.3. The van der Waals surface area contributed by atoms with Crippen molar-refractivity contribution in [2.45, 2.75) is 98.8 Å². The number of phenols is 1. The summed E-state index contributed by atoms with van der Waals surface area (Å²) in [5.74, 6) is 1.36. The van der Waals surface area contributed by atoms with Gasteiger partial charge in [-0.25, -0.2) is 4.98 Å². The summed E-state index contributed by atoms with van der Waals surface area (Å²) < 4.78 is 6.56. The Balaban J connectivity index is 1.64. The van der Waals surface area contributed by atoms with Gasteiger partial charge in [-0.2, -0.15) is 0 Å². The van der Waals surface area contributed by atoms with Crippen LogP contribution in [0, 0.1) is 5.92 Å². The van der Waals surface area contributed by atoms with Crippen LogP contribution in [-0.2, 0) is 22.7 Å². The van der Waals surface area contributed by atoms with Gasteiger partial charge >= 0.3 is 0 Å². The average Bonchev–Trinajstić information content (AvgIpc) is 3.38. The van der Waals surface area contributed by atoms with Crippen molar-refractivity contribution in [1.82, 2.24) is 4.98 Å². The summed E-state index contributed by atoms with van der Waals surface area (Å²) in [6.07, 6.45) is 2.79. The number of phenolic OH excluding ortho intramolecular Hbond substituents is 1. The molecule has 0 aliphatic rings. The van der Waals surface area contributed by atoms with Crippen molar-refractivity contribution in [1.29, 1.82) is 0 Å². The predicted molar refractivity (Wildman–Crippen MR) is 195 cm³/mol. The van der Waals surface area contributed by atoms with E-state index in [9.17, 15) is 5.11 Å². The smallest absolute Gasteiger partial charge is 0.229 e. The monoisotopic (exact) mass is 614 g/mol. The van der Waals surface area contributed by atoms with Crippen molar-refractivity contribution >= 4 is 23.0 Å². The Kier molecular flexibility index (Phi) is 8.81. The maximum absolute atomic E-state index is 11.4. The molecule has 1 aromatic heterocycles. The summed E-state index contributed by atoms with van der Waals surface area (Å²) in [5, 5.41) is 11.4. The van der Waals surface area contributed by atoms with Gasteiger partial charge in [-0.15, -0.1) is 0 Å². The number of hydrogen-bond acceptors (Lipinski definition) is 4. The van der Waals surface area contributed by atoms with Gasteiger partial charge in [0.1, 0.15) is 11.3 Å². The van der Waals surface area contributed by atoms with Crippen LogP contribution in [0.15, 0.2) is 82.2 Å². The average molecular weight is 615 g/mol. The Morgan fingerprint density at radius 2 is 1.43 bits per heavy atom. The summed E-state index contributed by atoms with van der Waals surface area (Å²) in [6.45, 7) is 24.1. The number of fused-ring (bicyclic) bond motifs is 1. The van der Waals surface area contributed by atoms with E-state index < -0.39 is 0 Å². The first-order valence-electron chi connectivity index (χ1n) is 16.5. The van der Waals surface area contributed by atoms with Gasteiger partial charge in [-0.3, -0.25) is 4.99 Å². The molecule has 5 rings (SSSR count). The number of rotatable bonds is 6. The molecule has 0 radical (unpaired) electrons. The van der Waals surface area contributed by atoms with Gasteiger partial charge < -0.3 is 9.52 Å². The molecule has 0 saturated heterocycles. The normalized spacial score (nSPS) is 13.0. The van der Waals surface area contributed by atoms with E-state index in [0.717, 1.165) is 51.0 Å². The number of aliphatic imine (C=N–C) groups is 1. The van der Waals surface area contributed by atoms with E-state index in [1.54, 1.807) is 6.21 Å². The molecule has 240 valence electrons. The van der Waals surface area contributed by atoms with Gasteiger partial charge in [-0.05, 0) is 81.2 Å². The number of benzene rings is 4. The van der Waals surface area contributed by atoms with Gasteiger partial charge in [-0.1, -0.05) is 119 Å². The minimum Gasteiger partial charge on any atom is -0.507 e. The van der Waals surface area contributed by atoms with Crippen LogP contribution in [0.3, 0.4) is 0 Å². The zero-order chi connectivity index (χ0) is 33.6. The molecular formula is C42H50N2O2. The summed E-state index contributed by atoms with van der Waals surface area (Å²) in [6, 6.07) is 25.3. The molecule has 0 aliphatic heterocycles. The number of nitrogens with zero attached hydrogens (tertiary/aromatic N) is 2. The maximum atomic E-state index is 11.4. The van der Waals surface area contributed by atoms with Crippen LogP contribution in [0.25, 0.3) is 33.7 Å². The third-order valence-corrected chi connectivity index (χ3v) is 8.53. The van der Waals surface area contributed by atoms with E-state index in [4.69, 9.17) is 14.4 Å². The molecule has 0 spiro atoms. The molecule has 0 bridgehead atoms. The third kappa shape index (κ3) is 7.12. The Labute approximate surface area is 275 Å². The second kappa shape index (κ2) is 12.2. The summed E-state index contributed by atoms with van der Waals surface area (Å²) in [4.78, 5) is 10.0. The molecule has 0 amide bonds.